The minimum Gasteiger partial charge on any atom is -0.361 e. The van der Waals surface area contributed by atoms with Crippen LogP contribution in [0.4, 0.5) is 4.39 Å². The van der Waals surface area contributed by atoms with E-state index in [1.807, 2.05) is 48.0 Å². The number of hydrogen-bond acceptors (Lipinski definition) is 3. The Bertz CT molecular complexity index is 1390. The van der Waals surface area contributed by atoms with Crippen molar-refractivity contribution in [2.45, 2.75) is 12.3 Å². The van der Waals surface area contributed by atoms with Crippen LogP contribution in [0.3, 0.4) is 0 Å². The quantitative estimate of drug-likeness (QED) is 0.320. The molecule has 0 aliphatic carbocycles. The van der Waals surface area contributed by atoms with Crippen molar-refractivity contribution in [3.63, 3.8) is 0 Å². The fourth-order valence-electron chi connectivity index (χ4n) is 4.06. The molecule has 4 nitrogen and oxygen atoms in total. The molecule has 0 saturated heterocycles. The number of nitrogens with zero attached hydrogens (tertiary/aromatic N) is 1. The van der Waals surface area contributed by atoms with Gasteiger partial charge in [0.2, 0.25) is 5.91 Å². The van der Waals surface area contributed by atoms with Crippen LogP contribution in [0.2, 0.25) is 0 Å². The Balaban J connectivity index is 1.31. The van der Waals surface area contributed by atoms with Gasteiger partial charge >= 0.3 is 0 Å². The minimum absolute atomic E-state index is 0.0181. The molecule has 5 aromatic rings. The van der Waals surface area contributed by atoms with E-state index in [1.54, 1.807) is 6.07 Å². The Kier molecular flexibility index (Phi) is 6.00. The van der Waals surface area contributed by atoms with Crippen molar-refractivity contribution in [1.29, 1.82) is 0 Å². The topological polar surface area (TPSA) is 57.8 Å². The minimum atomic E-state index is -0.300. The number of aromatic amines is 1. The summed E-state index contributed by atoms with van der Waals surface area (Å²) in [5.74, 6) is -0.373. The standard InChI is InChI=1S/C27H22FN3OS/c28-20-10-6-9-19(13-20)27-31-21(17-33-27)14-26(32)30-15-23(18-7-2-1-3-8-18)24-16-29-25-12-5-4-11-22(24)25/h1-13,16-17,23,29H,14-15H2,(H,30,32)/t23-/m1/s1. The van der Waals surface area contributed by atoms with Gasteiger partial charge in [-0.05, 0) is 29.3 Å². The van der Waals surface area contributed by atoms with Gasteiger partial charge in [-0.2, -0.15) is 0 Å². The number of H-pyrrole nitrogens is 1. The number of rotatable bonds is 7. The first-order valence-electron chi connectivity index (χ1n) is 10.8. The monoisotopic (exact) mass is 455 g/mol. The lowest BCUT2D eigenvalue weighted by atomic mass is 9.91. The number of hydrogen-bond donors (Lipinski definition) is 2. The first kappa shape index (κ1) is 21.1. The lowest BCUT2D eigenvalue weighted by Crippen LogP contribution is -2.30. The summed E-state index contributed by atoms with van der Waals surface area (Å²) >= 11 is 1.41. The molecule has 0 fully saturated rings. The van der Waals surface area contributed by atoms with Gasteiger partial charge in [-0.15, -0.1) is 11.3 Å². The van der Waals surface area contributed by atoms with Crippen LogP contribution in [-0.2, 0) is 11.2 Å². The molecule has 0 spiro atoms. The van der Waals surface area contributed by atoms with Crippen LogP contribution < -0.4 is 5.32 Å². The number of carbonyl (C=O) groups is 1. The summed E-state index contributed by atoms with van der Waals surface area (Å²) in [5.41, 5.74) is 4.77. The SMILES string of the molecule is O=C(Cc1csc(-c2cccc(F)c2)n1)NC[C@H](c1ccccc1)c1c[nH]c2ccccc12. The molecule has 0 aliphatic heterocycles. The average molecular weight is 456 g/mol. The molecule has 33 heavy (non-hydrogen) atoms. The Hall–Kier alpha value is -3.77. The summed E-state index contributed by atoms with van der Waals surface area (Å²) in [6.45, 7) is 0.478. The fraction of sp³-hybridized carbons (Fsp3) is 0.111. The molecule has 1 atom stereocenters. The number of halogens is 1. The lowest BCUT2D eigenvalue weighted by Gasteiger charge is -2.18. The van der Waals surface area contributed by atoms with Crippen molar-refractivity contribution in [2.75, 3.05) is 6.54 Å². The summed E-state index contributed by atoms with van der Waals surface area (Å²) in [5, 5.41) is 6.81. The van der Waals surface area contributed by atoms with E-state index >= 15 is 0 Å². The van der Waals surface area contributed by atoms with Gasteiger partial charge in [-0.3, -0.25) is 4.79 Å². The van der Waals surface area contributed by atoms with Crippen LogP contribution in [0, 0.1) is 5.82 Å². The molecule has 2 heterocycles. The molecule has 6 heteroatoms. The maximum absolute atomic E-state index is 13.5. The predicted octanol–water partition coefficient (Wildman–Crippen LogP) is 5.92. The van der Waals surface area contributed by atoms with Crippen LogP contribution in [0.15, 0.2) is 90.4 Å². The third-order valence-electron chi connectivity index (χ3n) is 5.67. The number of fused-ring (bicyclic) bond motifs is 1. The molecule has 0 radical (unpaired) electrons. The molecule has 0 unspecified atom stereocenters. The first-order chi connectivity index (χ1) is 16.2. The molecule has 0 bridgehead atoms. The van der Waals surface area contributed by atoms with Crippen molar-refractivity contribution in [3.8, 4) is 10.6 Å². The first-order valence-corrected chi connectivity index (χ1v) is 11.6. The Morgan fingerprint density at radius 3 is 2.70 bits per heavy atom. The highest BCUT2D eigenvalue weighted by Crippen LogP contribution is 2.30. The van der Waals surface area contributed by atoms with Crippen LogP contribution in [0.25, 0.3) is 21.5 Å². The van der Waals surface area contributed by atoms with Gasteiger partial charge in [0, 0.05) is 40.5 Å². The number of amides is 1. The van der Waals surface area contributed by atoms with E-state index in [0.29, 0.717) is 17.2 Å². The number of benzene rings is 3. The van der Waals surface area contributed by atoms with Gasteiger partial charge in [0.05, 0.1) is 12.1 Å². The Morgan fingerprint density at radius 2 is 1.85 bits per heavy atom. The maximum Gasteiger partial charge on any atom is 0.226 e. The van der Waals surface area contributed by atoms with Gasteiger partial charge in [0.1, 0.15) is 10.8 Å². The van der Waals surface area contributed by atoms with E-state index in [0.717, 1.165) is 27.6 Å². The summed E-state index contributed by atoms with van der Waals surface area (Å²) in [7, 11) is 0. The fourth-order valence-corrected chi connectivity index (χ4v) is 4.88. The third kappa shape index (κ3) is 4.71. The molecular weight excluding hydrogens is 433 g/mol. The zero-order chi connectivity index (χ0) is 22.6. The van der Waals surface area contributed by atoms with Gasteiger partial charge in [0.15, 0.2) is 0 Å². The zero-order valence-corrected chi connectivity index (χ0v) is 18.6. The van der Waals surface area contributed by atoms with Crippen molar-refractivity contribution in [3.05, 3.63) is 113 Å². The number of aromatic nitrogens is 2. The molecule has 5 rings (SSSR count). The van der Waals surface area contributed by atoms with Crippen LogP contribution in [-0.4, -0.2) is 22.4 Å². The highest BCUT2D eigenvalue weighted by Gasteiger charge is 2.19. The maximum atomic E-state index is 13.5. The molecule has 164 valence electrons. The van der Waals surface area contributed by atoms with Gasteiger partial charge in [0.25, 0.3) is 0 Å². The summed E-state index contributed by atoms with van der Waals surface area (Å²) in [6.07, 6.45) is 2.21. The third-order valence-corrected chi connectivity index (χ3v) is 6.61. The van der Waals surface area contributed by atoms with E-state index in [2.05, 4.69) is 39.6 Å². The number of nitrogens with one attached hydrogen (secondary N) is 2. The molecule has 1 amide bonds. The van der Waals surface area contributed by atoms with E-state index in [4.69, 9.17) is 0 Å². The number of thiazole rings is 1. The Morgan fingerprint density at radius 1 is 1.03 bits per heavy atom. The van der Waals surface area contributed by atoms with Gasteiger partial charge in [-0.25, -0.2) is 9.37 Å². The van der Waals surface area contributed by atoms with E-state index in [1.165, 1.54) is 23.5 Å². The van der Waals surface area contributed by atoms with Crippen LogP contribution >= 0.6 is 11.3 Å². The normalized spacial score (nSPS) is 12.0. The largest absolute Gasteiger partial charge is 0.361 e. The second-order valence-corrected chi connectivity index (χ2v) is 8.75. The highest BCUT2D eigenvalue weighted by atomic mass is 32.1. The van der Waals surface area contributed by atoms with Gasteiger partial charge in [-0.1, -0.05) is 60.7 Å². The highest BCUT2D eigenvalue weighted by molar-refractivity contribution is 7.13. The average Bonchev–Trinajstić information content (AvgIpc) is 3.48. The molecule has 3 aromatic carbocycles. The number of carbonyl (C=O) groups excluding carboxylic acids is 1. The van der Waals surface area contributed by atoms with Crippen molar-refractivity contribution in [2.24, 2.45) is 0 Å². The van der Waals surface area contributed by atoms with E-state index in [9.17, 15) is 9.18 Å². The second-order valence-electron chi connectivity index (χ2n) is 7.89. The van der Waals surface area contributed by atoms with Gasteiger partial charge < -0.3 is 10.3 Å². The number of para-hydroxylation sites is 1. The lowest BCUT2D eigenvalue weighted by molar-refractivity contribution is -0.120. The molecule has 2 aromatic heterocycles. The van der Waals surface area contributed by atoms with Crippen LogP contribution in [0.1, 0.15) is 22.7 Å². The Labute approximate surface area is 195 Å². The van der Waals surface area contributed by atoms with E-state index < -0.39 is 0 Å². The van der Waals surface area contributed by atoms with Crippen molar-refractivity contribution in [1.82, 2.24) is 15.3 Å². The van der Waals surface area contributed by atoms with Crippen molar-refractivity contribution < 1.29 is 9.18 Å². The predicted molar refractivity (Wildman–Crippen MR) is 131 cm³/mol. The van der Waals surface area contributed by atoms with Crippen molar-refractivity contribution >= 4 is 28.1 Å². The van der Waals surface area contributed by atoms with Crippen LogP contribution in [0.5, 0.6) is 0 Å². The summed E-state index contributed by atoms with van der Waals surface area (Å²) in [6, 6.07) is 24.7. The molecular formula is C27H22FN3OS. The zero-order valence-electron chi connectivity index (χ0n) is 17.8. The smallest absolute Gasteiger partial charge is 0.226 e. The van der Waals surface area contributed by atoms with E-state index in [-0.39, 0.29) is 24.1 Å². The molecule has 0 aliphatic rings. The molecule has 0 saturated carbocycles. The summed E-state index contributed by atoms with van der Waals surface area (Å²) < 4.78 is 13.5. The second kappa shape index (κ2) is 9.38. The summed E-state index contributed by atoms with van der Waals surface area (Å²) in [4.78, 5) is 20.6. The molecule has 2 N–H and O–H groups in total.